The largest absolute Gasteiger partial charge is 0.207 e. The molecule has 0 aromatic heterocycles. The molecule has 0 nitrogen and oxygen atoms in total. The van der Waals surface area contributed by atoms with Crippen molar-refractivity contribution >= 4 is 27.5 Å². The maximum atomic E-state index is 13.8. The van der Waals surface area contributed by atoms with Gasteiger partial charge in [-0.3, -0.25) is 0 Å². The highest BCUT2D eigenvalue weighted by Gasteiger charge is 2.38. The van der Waals surface area contributed by atoms with E-state index in [2.05, 4.69) is 22.9 Å². The van der Waals surface area contributed by atoms with Gasteiger partial charge in [0.2, 0.25) is 0 Å². The number of rotatable bonds is 1. The molecule has 0 heterocycles. The van der Waals surface area contributed by atoms with E-state index in [0.29, 0.717) is 15.4 Å². The summed E-state index contributed by atoms with van der Waals surface area (Å²) in [4.78, 5) is 0.484. The summed E-state index contributed by atoms with van der Waals surface area (Å²) < 4.78 is 13.8. The van der Waals surface area contributed by atoms with Crippen LogP contribution in [0.5, 0.6) is 0 Å². The van der Waals surface area contributed by atoms with Gasteiger partial charge in [-0.05, 0) is 36.8 Å². The molecule has 2 unspecified atom stereocenters. The average Bonchev–Trinajstić information content (AvgIpc) is 2.46. The molecule has 1 fully saturated rings. The molecular formula is C12H13BrClF. The summed E-state index contributed by atoms with van der Waals surface area (Å²) in [6.45, 7) is 2.10. The topological polar surface area (TPSA) is 0 Å². The highest BCUT2D eigenvalue weighted by atomic mass is 79.9. The van der Waals surface area contributed by atoms with Crippen LogP contribution in [0.15, 0.2) is 18.2 Å². The Bertz CT molecular complexity index is 360. The Morgan fingerprint density at radius 2 is 2.27 bits per heavy atom. The number of hydrogen-bond acceptors (Lipinski definition) is 0. The fraction of sp³-hybridized carbons (Fsp3) is 0.500. The fourth-order valence-electron chi connectivity index (χ4n) is 2.47. The third-order valence-corrected chi connectivity index (χ3v) is 4.34. The smallest absolute Gasteiger partial charge is 0.128 e. The summed E-state index contributed by atoms with van der Waals surface area (Å²) in [6, 6.07) is 4.92. The minimum atomic E-state index is -0.174. The molecule has 0 amide bonds. The lowest BCUT2D eigenvalue weighted by molar-refractivity contribution is 0.459. The van der Waals surface area contributed by atoms with E-state index in [1.807, 2.05) is 0 Å². The average molecular weight is 292 g/mol. The van der Waals surface area contributed by atoms with Crippen LogP contribution in [0.25, 0.3) is 0 Å². The Kier molecular flexibility index (Phi) is 3.09. The van der Waals surface area contributed by atoms with E-state index in [4.69, 9.17) is 11.6 Å². The second-order valence-corrected chi connectivity index (χ2v) is 6.20. The molecule has 3 heteroatoms. The van der Waals surface area contributed by atoms with Crippen molar-refractivity contribution in [2.24, 2.45) is 0 Å². The lowest BCUT2D eigenvalue weighted by Crippen LogP contribution is -2.20. The van der Waals surface area contributed by atoms with Crippen LogP contribution in [-0.4, -0.2) is 4.83 Å². The van der Waals surface area contributed by atoms with Crippen molar-refractivity contribution in [2.45, 2.75) is 36.4 Å². The van der Waals surface area contributed by atoms with Crippen molar-refractivity contribution in [3.63, 3.8) is 0 Å². The Labute approximate surface area is 103 Å². The van der Waals surface area contributed by atoms with E-state index in [1.54, 1.807) is 12.1 Å². The van der Waals surface area contributed by atoms with Gasteiger partial charge in [0.25, 0.3) is 0 Å². The second kappa shape index (κ2) is 4.06. The molecule has 15 heavy (non-hydrogen) atoms. The Morgan fingerprint density at radius 3 is 2.80 bits per heavy atom. The van der Waals surface area contributed by atoms with Crippen molar-refractivity contribution < 1.29 is 4.39 Å². The Balaban J connectivity index is 2.45. The summed E-state index contributed by atoms with van der Waals surface area (Å²) in [5.41, 5.74) is 0.574. The van der Waals surface area contributed by atoms with E-state index in [9.17, 15) is 4.39 Å². The summed E-state index contributed by atoms with van der Waals surface area (Å²) in [7, 11) is 0. The molecule has 0 aliphatic heterocycles. The second-order valence-electron chi connectivity index (χ2n) is 4.50. The molecule has 1 saturated carbocycles. The Morgan fingerprint density at radius 1 is 1.53 bits per heavy atom. The highest BCUT2D eigenvalue weighted by molar-refractivity contribution is 9.09. The van der Waals surface area contributed by atoms with Crippen LogP contribution >= 0.6 is 27.5 Å². The van der Waals surface area contributed by atoms with Crippen LogP contribution in [-0.2, 0) is 5.41 Å². The molecule has 0 spiro atoms. The van der Waals surface area contributed by atoms with Crippen molar-refractivity contribution in [1.29, 1.82) is 0 Å². The zero-order chi connectivity index (χ0) is 11.1. The molecule has 0 bridgehead atoms. The zero-order valence-corrected chi connectivity index (χ0v) is 10.9. The van der Waals surface area contributed by atoms with Gasteiger partial charge in [0.05, 0.1) is 0 Å². The van der Waals surface area contributed by atoms with Crippen molar-refractivity contribution in [3.05, 3.63) is 34.6 Å². The normalized spacial score (nSPS) is 30.8. The van der Waals surface area contributed by atoms with Gasteiger partial charge in [-0.1, -0.05) is 40.5 Å². The van der Waals surface area contributed by atoms with E-state index >= 15 is 0 Å². The van der Waals surface area contributed by atoms with Crippen LogP contribution in [0.2, 0.25) is 5.02 Å². The molecule has 2 rings (SSSR count). The predicted molar refractivity (Wildman–Crippen MR) is 65.3 cm³/mol. The van der Waals surface area contributed by atoms with Gasteiger partial charge in [0, 0.05) is 15.4 Å². The third kappa shape index (κ3) is 2.07. The zero-order valence-electron chi connectivity index (χ0n) is 8.56. The van der Waals surface area contributed by atoms with Gasteiger partial charge < -0.3 is 0 Å². The summed E-state index contributed by atoms with van der Waals surface area (Å²) in [5, 5.41) is 0.555. The SMILES string of the molecule is CC1(c2c(F)cccc2Cl)CCC(Br)C1. The number of alkyl halides is 1. The Hall–Kier alpha value is -0.0800. The molecule has 0 N–H and O–H groups in total. The van der Waals surface area contributed by atoms with Crippen molar-refractivity contribution in [3.8, 4) is 0 Å². The van der Waals surface area contributed by atoms with Gasteiger partial charge in [0.1, 0.15) is 5.82 Å². The van der Waals surface area contributed by atoms with E-state index in [0.717, 1.165) is 19.3 Å². The van der Waals surface area contributed by atoms with Crippen LogP contribution in [0.3, 0.4) is 0 Å². The summed E-state index contributed by atoms with van der Waals surface area (Å²) >= 11 is 9.69. The van der Waals surface area contributed by atoms with Gasteiger partial charge in [-0.15, -0.1) is 0 Å². The van der Waals surface area contributed by atoms with Gasteiger partial charge >= 0.3 is 0 Å². The van der Waals surface area contributed by atoms with E-state index < -0.39 is 0 Å². The first kappa shape index (κ1) is 11.4. The van der Waals surface area contributed by atoms with Crippen LogP contribution < -0.4 is 0 Å². The molecule has 0 saturated heterocycles. The standard InChI is InChI=1S/C12H13BrClF/c1-12(6-5-8(13)7-12)11-9(14)3-2-4-10(11)15/h2-4,8H,5-7H2,1H3. The van der Waals surface area contributed by atoms with Crippen molar-refractivity contribution in [1.82, 2.24) is 0 Å². The predicted octanol–water partition coefficient (Wildman–Crippen LogP) is 4.68. The van der Waals surface area contributed by atoms with Crippen LogP contribution in [0.1, 0.15) is 31.7 Å². The van der Waals surface area contributed by atoms with Crippen molar-refractivity contribution in [2.75, 3.05) is 0 Å². The minimum absolute atomic E-state index is 0.114. The lowest BCUT2D eigenvalue weighted by atomic mass is 9.81. The van der Waals surface area contributed by atoms with Crippen LogP contribution in [0, 0.1) is 5.82 Å². The van der Waals surface area contributed by atoms with Gasteiger partial charge in [0.15, 0.2) is 0 Å². The maximum absolute atomic E-state index is 13.8. The van der Waals surface area contributed by atoms with E-state index in [-0.39, 0.29) is 11.2 Å². The molecule has 1 aliphatic rings. The minimum Gasteiger partial charge on any atom is -0.207 e. The third-order valence-electron chi connectivity index (χ3n) is 3.25. The number of halogens is 3. The van der Waals surface area contributed by atoms with Gasteiger partial charge in [-0.25, -0.2) is 4.39 Å². The first-order valence-corrected chi connectivity index (χ1v) is 6.41. The quantitative estimate of drug-likeness (QED) is 0.659. The number of benzene rings is 1. The molecular weight excluding hydrogens is 278 g/mol. The molecule has 1 aromatic carbocycles. The molecule has 82 valence electrons. The highest BCUT2D eigenvalue weighted by Crippen LogP contribution is 2.46. The summed E-state index contributed by atoms with van der Waals surface area (Å²) in [5.74, 6) is -0.174. The first-order valence-electron chi connectivity index (χ1n) is 5.11. The monoisotopic (exact) mass is 290 g/mol. The molecule has 1 aliphatic carbocycles. The fourth-order valence-corrected chi connectivity index (χ4v) is 3.80. The van der Waals surface area contributed by atoms with Crippen LogP contribution in [0.4, 0.5) is 4.39 Å². The first-order chi connectivity index (χ1) is 7.03. The maximum Gasteiger partial charge on any atom is 0.128 e. The number of hydrogen-bond donors (Lipinski definition) is 0. The lowest BCUT2D eigenvalue weighted by Gasteiger charge is -2.26. The molecule has 2 atom stereocenters. The molecule has 0 radical (unpaired) electrons. The van der Waals surface area contributed by atoms with Gasteiger partial charge in [-0.2, -0.15) is 0 Å². The molecule has 1 aromatic rings. The summed E-state index contributed by atoms with van der Waals surface area (Å²) in [6.07, 6.45) is 3.03. The van der Waals surface area contributed by atoms with E-state index in [1.165, 1.54) is 6.07 Å².